The summed E-state index contributed by atoms with van der Waals surface area (Å²) in [6.45, 7) is 2.95. The molecule has 0 bridgehead atoms. The van der Waals surface area contributed by atoms with Crippen LogP contribution in [0.1, 0.15) is 23.5 Å². The van der Waals surface area contributed by atoms with E-state index >= 15 is 0 Å². The fraction of sp³-hybridized carbons (Fsp3) is 0.263. The smallest absolute Gasteiger partial charge is 0.233 e. The molecule has 0 saturated carbocycles. The zero-order chi connectivity index (χ0) is 17.6. The summed E-state index contributed by atoms with van der Waals surface area (Å²) in [5.41, 5.74) is 2.17. The van der Waals surface area contributed by atoms with Crippen molar-refractivity contribution in [3.8, 4) is 0 Å². The minimum Gasteiger partial charge on any atom is -0.355 e. The Morgan fingerprint density at radius 1 is 1.20 bits per heavy atom. The molecule has 1 unspecified atom stereocenters. The number of halogens is 1. The first-order chi connectivity index (χ1) is 12.1. The fourth-order valence-corrected chi connectivity index (χ4v) is 4.18. The monoisotopic (exact) mass is 417 g/mol. The standard InChI is InChI=1S/C19H20BrN3OS/c1-13(14-6-2-3-7-15(14)20)22-12-18(24)21-11-10-19-23-16-8-4-5-9-17(16)25-19/h2-9,13,22H,10-12H2,1H3,(H,21,24). The zero-order valence-corrected chi connectivity index (χ0v) is 16.4. The lowest BCUT2D eigenvalue weighted by atomic mass is 10.1. The van der Waals surface area contributed by atoms with E-state index in [1.807, 2.05) is 42.5 Å². The maximum Gasteiger partial charge on any atom is 0.233 e. The van der Waals surface area contributed by atoms with Crippen molar-refractivity contribution in [2.24, 2.45) is 0 Å². The first-order valence-electron chi connectivity index (χ1n) is 8.22. The molecule has 0 fully saturated rings. The number of thiazole rings is 1. The Bertz CT molecular complexity index is 832. The minimum absolute atomic E-state index is 0.0000136. The van der Waals surface area contributed by atoms with E-state index in [0.29, 0.717) is 13.1 Å². The molecule has 0 radical (unpaired) electrons. The summed E-state index contributed by atoms with van der Waals surface area (Å²) in [6, 6.07) is 16.2. The van der Waals surface area contributed by atoms with Gasteiger partial charge in [-0.05, 0) is 30.7 Å². The number of hydrogen-bond acceptors (Lipinski definition) is 4. The molecule has 3 aromatic rings. The van der Waals surface area contributed by atoms with Crippen molar-refractivity contribution in [1.82, 2.24) is 15.6 Å². The first-order valence-corrected chi connectivity index (χ1v) is 9.83. The Labute approximate surface area is 159 Å². The summed E-state index contributed by atoms with van der Waals surface area (Å²) >= 11 is 5.22. The molecular weight excluding hydrogens is 398 g/mol. The van der Waals surface area contributed by atoms with Gasteiger partial charge < -0.3 is 10.6 Å². The molecule has 3 rings (SSSR count). The van der Waals surface area contributed by atoms with Gasteiger partial charge in [-0.2, -0.15) is 0 Å². The van der Waals surface area contributed by atoms with Crippen LogP contribution in [0.5, 0.6) is 0 Å². The number of nitrogens with one attached hydrogen (secondary N) is 2. The SMILES string of the molecule is CC(NCC(=O)NCCc1nc2ccccc2s1)c1ccccc1Br. The third-order valence-corrected chi connectivity index (χ3v) is 5.76. The lowest BCUT2D eigenvalue weighted by Gasteiger charge is -2.15. The number of amides is 1. The quantitative estimate of drug-likeness (QED) is 0.608. The topological polar surface area (TPSA) is 54.0 Å². The number of para-hydroxylation sites is 1. The van der Waals surface area contributed by atoms with Crippen LogP contribution in [0.15, 0.2) is 53.0 Å². The number of rotatable bonds is 7. The average molecular weight is 418 g/mol. The molecule has 4 nitrogen and oxygen atoms in total. The van der Waals surface area contributed by atoms with Crippen molar-refractivity contribution in [3.63, 3.8) is 0 Å². The second-order valence-electron chi connectivity index (χ2n) is 5.80. The molecule has 1 heterocycles. The highest BCUT2D eigenvalue weighted by Gasteiger charge is 2.10. The molecule has 2 N–H and O–H groups in total. The Morgan fingerprint density at radius 2 is 1.96 bits per heavy atom. The summed E-state index contributed by atoms with van der Waals surface area (Å²) in [6.07, 6.45) is 0.755. The maximum absolute atomic E-state index is 12.0. The van der Waals surface area contributed by atoms with Crippen LogP contribution in [-0.4, -0.2) is 24.0 Å². The second-order valence-corrected chi connectivity index (χ2v) is 7.77. The fourth-order valence-electron chi connectivity index (χ4n) is 2.58. The third kappa shape index (κ3) is 4.87. The lowest BCUT2D eigenvalue weighted by Crippen LogP contribution is -2.36. The first kappa shape index (κ1) is 18.0. The molecule has 0 saturated heterocycles. The van der Waals surface area contributed by atoms with E-state index in [1.54, 1.807) is 11.3 Å². The van der Waals surface area contributed by atoms with Crippen molar-refractivity contribution < 1.29 is 4.79 Å². The molecule has 0 aliphatic heterocycles. The van der Waals surface area contributed by atoms with Crippen molar-refractivity contribution >= 4 is 43.4 Å². The van der Waals surface area contributed by atoms with Crippen LogP contribution in [0.4, 0.5) is 0 Å². The summed E-state index contributed by atoms with van der Waals surface area (Å²) in [7, 11) is 0. The molecule has 0 aliphatic carbocycles. The van der Waals surface area contributed by atoms with Crippen molar-refractivity contribution in [1.29, 1.82) is 0 Å². The molecule has 6 heteroatoms. The van der Waals surface area contributed by atoms with Gasteiger partial charge in [-0.15, -0.1) is 11.3 Å². The number of aromatic nitrogens is 1. The summed E-state index contributed by atoms with van der Waals surface area (Å²) < 4.78 is 2.24. The molecule has 25 heavy (non-hydrogen) atoms. The summed E-state index contributed by atoms with van der Waals surface area (Å²) in [4.78, 5) is 16.6. The molecule has 1 aromatic heterocycles. The Morgan fingerprint density at radius 3 is 2.76 bits per heavy atom. The van der Waals surface area contributed by atoms with Gasteiger partial charge >= 0.3 is 0 Å². The van der Waals surface area contributed by atoms with Crippen molar-refractivity contribution in [2.45, 2.75) is 19.4 Å². The molecule has 0 spiro atoms. The lowest BCUT2D eigenvalue weighted by molar-refractivity contribution is -0.120. The normalized spacial score (nSPS) is 12.2. The van der Waals surface area contributed by atoms with E-state index in [2.05, 4.69) is 44.5 Å². The van der Waals surface area contributed by atoms with Crippen LogP contribution in [0, 0.1) is 0 Å². The predicted octanol–water partition coefficient (Wildman–Crippen LogP) is 4.07. The number of nitrogens with zero attached hydrogens (tertiary/aromatic N) is 1. The molecule has 1 amide bonds. The van der Waals surface area contributed by atoms with E-state index < -0.39 is 0 Å². The average Bonchev–Trinajstić information content (AvgIpc) is 3.03. The summed E-state index contributed by atoms with van der Waals surface area (Å²) in [5, 5.41) is 7.26. The largest absolute Gasteiger partial charge is 0.355 e. The van der Waals surface area contributed by atoms with Gasteiger partial charge in [0, 0.05) is 23.5 Å². The highest BCUT2D eigenvalue weighted by Crippen LogP contribution is 2.23. The van der Waals surface area contributed by atoms with Gasteiger partial charge in [-0.1, -0.05) is 46.3 Å². The van der Waals surface area contributed by atoms with Crippen LogP contribution in [0.2, 0.25) is 0 Å². The van der Waals surface area contributed by atoms with Gasteiger partial charge in [0.15, 0.2) is 0 Å². The molecule has 2 aromatic carbocycles. The van der Waals surface area contributed by atoms with Gasteiger partial charge in [0.2, 0.25) is 5.91 Å². The second kappa shape index (κ2) is 8.56. The minimum atomic E-state index is 0.0000136. The van der Waals surface area contributed by atoms with Gasteiger partial charge in [-0.25, -0.2) is 4.98 Å². The highest BCUT2D eigenvalue weighted by molar-refractivity contribution is 9.10. The van der Waals surface area contributed by atoms with Crippen LogP contribution in [0.25, 0.3) is 10.2 Å². The highest BCUT2D eigenvalue weighted by atomic mass is 79.9. The zero-order valence-electron chi connectivity index (χ0n) is 14.0. The molecule has 130 valence electrons. The number of fused-ring (bicyclic) bond motifs is 1. The number of carbonyl (C=O) groups excluding carboxylic acids is 1. The number of carbonyl (C=O) groups is 1. The van der Waals surface area contributed by atoms with Crippen LogP contribution < -0.4 is 10.6 Å². The van der Waals surface area contributed by atoms with E-state index in [9.17, 15) is 4.79 Å². The third-order valence-electron chi connectivity index (χ3n) is 3.94. The van der Waals surface area contributed by atoms with Gasteiger partial charge in [0.05, 0.1) is 21.8 Å². The molecule has 1 atom stereocenters. The Hall–Kier alpha value is -1.76. The van der Waals surface area contributed by atoms with Crippen LogP contribution >= 0.6 is 27.3 Å². The van der Waals surface area contributed by atoms with Gasteiger partial charge in [0.1, 0.15) is 0 Å². The van der Waals surface area contributed by atoms with E-state index in [4.69, 9.17) is 0 Å². The number of hydrogen-bond donors (Lipinski definition) is 2. The summed E-state index contributed by atoms with van der Waals surface area (Å²) in [5.74, 6) is 0.0000136. The van der Waals surface area contributed by atoms with E-state index in [-0.39, 0.29) is 11.9 Å². The predicted molar refractivity (Wildman–Crippen MR) is 107 cm³/mol. The van der Waals surface area contributed by atoms with Gasteiger partial charge in [-0.3, -0.25) is 4.79 Å². The number of benzene rings is 2. The van der Waals surface area contributed by atoms with E-state index in [1.165, 1.54) is 4.70 Å². The van der Waals surface area contributed by atoms with Crippen LogP contribution in [0.3, 0.4) is 0 Å². The van der Waals surface area contributed by atoms with Gasteiger partial charge in [0.25, 0.3) is 0 Å². The Balaban J connectivity index is 1.43. The van der Waals surface area contributed by atoms with E-state index in [0.717, 1.165) is 27.0 Å². The Kier molecular flexibility index (Phi) is 6.18. The van der Waals surface area contributed by atoms with Crippen molar-refractivity contribution in [2.75, 3.05) is 13.1 Å². The maximum atomic E-state index is 12.0. The van der Waals surface area contributed by atoms with Crippen LogP contribution in [-0.2, 0) is 11.2 Å². The molecular formula is C19H20BrN3OS. The van der Waals surface area contributed by atoms with Crippen molar-refractivity contribution in [3.05, 3.63) is 63.6 Å². The molecule has 0 aliphatic rings.